The van der Waals surface area contributed by atoms with Crippen LogP contribution in [-0.4, -0.2) is 36.1 Å². The Balaban J connectivity index is 2.72. The van der Waals surface area contributed by atoms with E-state index in [9.17, 15) is 13.2 Å². The van der Waals surface area contributed by atoms with Gasteiger partial charge in [-0.2, -0.15) is 0 Å². The first-order valence-corrected chi connectivity index (χ1v) is 6.94. The van der Waals surface area contributed by atoms with Crippen LogP contribution in [0.1, 0.15) is 22.5 Å². The van der Waals surface area contributed by atoms with E-state index in [0.717, 1.165) is 0 Å². The van der Waals surface area contributed by atoms with E-state index in [0.29, 0.717) is 18.5 Å². The highest BCUT2D eigenvalue weighted by Crippen LogP contribution is 2.10. The van der Waals surface area contributed by atoms with Crippen molar-refractivity contribution in [3.63, 3.8) is 0 Å². The molecule has 0 spiro atoms. The lowest BCUT2D eigenvalue weighted by molar-refractivity contribution is 0.0684. The second-order valence-electron chi connectivity index (χ2n) is 3.83. The summed E-state index contributed by atoms with van der Waals surface area (Å²) in [7, 11) is -2.98. The van der Waals surface area contributed by atoms with Crippen LogP contribution in [-0.2, 0) is 16.4 Å². The lowest BCUT2D eigenvalue weighted by Gasteiger charge is -2.06. The second kappa shape index (κ2) is 4.69. The van der Waals surface area contributed by atoms with E-state index < -0.39 is 15.8 Å². The summed E-state index contributed by atoms with van der Waals surface area (Å²) >= 11 is 0. The molecule has 1 aromatic rings. The first-order chi connectivity index (χ1) is 7.31. The van der Waals surface area contributed by atoms with Crippen molar-refractivity contribution < 1.29 is 18.3 Å². The number of carboxylic acid groups (broad SMARTS) is 1. The summed E-state index contributed by atoms with van der Waals surface area (Å²) in [5.74, 6) is -0.912. The topological polar surface area (TPSA) is 76.4 Å². The average molecular weight is 245 g/mol. The van der Waals surface area contributed by atoms with Crippen molar-refractivity contribution >= 4 is 15.8 Å². The Morgan fingerprint density at radius 3 is 2.62 bits per heavy atom. The number of hydrogen-bond donors (Lipinski definition) is 1. The lowest BCUT2D eigenvalue weighted by atomic mass is 10.3. The highest BCUT2D eigenvalue weighted by Gasteiger charge is 2.13. The molecule has 0 aliphatic heterocycles. The van der Waals surface area contributed by atoms with Crippen LogP contribution in [0.2, 0.25) is 0 Å². The van der Waals surface area contributed by atoms with Crippen molar-refractivity contribution in [1.82, 2.24) is 4.57 Å². The molecule has 0 aliphatic rings. The third-order valence-electron chi connectivity index (χ3n) is 2.28. The molecule has 1 rings (SSSR count). The molecule has 0 bridgehead atoms. The van der Waals surface area contributed by atoms with Crippen LogP contribution in [0.4, 0.5) is 0 Å². The average Bonchev–Trinajstić information content (AvgIpc) is 2.44. The van der Waals surface area contributed by atoms with Crippen LogP contribution in [0.25, 0.3) is 0 Å². The fourth-order valence-electron chi connectivity index (χ4n) is 1.56. The van der Waals surface area contributed by atoms with Gasteiger partial charge in [-0.3, -0.25) is 0 Å². The smallest absolute Gasteiger partial charge is 0.352 e. The molecular formula is C10H15NO4S. The molecule has 6 heteroatoms. The lowest BCUT2D eigenvalue weighted by Crippen LogP contribution is -2.12. The van der Waals surface area contributed by atoms with E-state index in [-0.39, 0.29) is 11.4 Å². The van der Waals surface area contributed by atoms with E-state index >= 15 is 0 Å². The van der Waals surface area contributed by atoms with E-state index in [1.165, 1.54) is 6.26 Å². The number of aromatic nitrogens is 1. The summed E-state index contributed by atoms with van der Waals surface area (Å²) in [6.45, 7) is 2.12. The van der Waals surface area contributed by atoms with Crippen molar-refractivity contribution in [2.75, 3.05) is 12.0 Å². The first kappa shape index (κ1) is 12.8. The highest BCUT2D eigenvalue weighted by molar-refractivity contribution is 7.90. The van der Waals surface area contributed by atoms with Gasteiger partial charge < -0.3 is 9.67 Å². The standard InChI is InChI=1S/C10H15NO4S/c1-8-4-6-11(9(8)10(12)13)5-3-7-16(2,14)15/h4,6H,3,5,7H2,1-2H3,(H,12,13). The maximum atomic E-state index is 10.9. The van der Waals surface area contributed by atoms with Gasteiger partial charge >= 0.3 is 5.97 Å². The quantitative estimate of drug-likeness (QED) is 0.837. The van der Waals surface area contributed by atoms with Gasteiger partial charge in [-0.15, -0.1) is 0 Å². The van der Waals surface area contributed by atoms with Crippen LogP contribution < -0.4 is 0 Å². The van der Waals surface area contributed by atoms with Gasteiger partial charge in [0, 0.05) is 19.0 Å². The molecule has 0 radical (unpaired) electrons. The van der Waals surface area contributed by atoms with Crippen LogP contribution in [0.3, 0.4) is 0 Å². The maximum Gasteiger partial charge on any atom is 0.352 e. The molecule has 1 N–H and O–H groups in total. The molecule has 0 atom stereocenters. The Hall–Kier alpha value is -1.30. The third kappa shape index (κ3) is 3.37. The molecule has 0 aromatic carbocycles. The fraction of sp³-hybridized carbons (Fsp3) is 0.500. The van der Waals surface area contributed by atoms with Crippen LogP contribution >= 0.6 is 0 Å². The van der Waals surface area contributed by atoms with Gasteiger partial charge in [0.05, 0.1) is 5.75 Å². The van der Waals surface area contributed by atoms with Crippen LogP contribution in [0, 0.1) is 6.92 Å². The third-order valence-corrected chi connectivity index (χ3v) is 3.31. The molecule has 1 heterocycles. The minimum absolute atomic E-state index is 0.0727. The van der Waals surface area contributed by atoms with Crippen molar-refractivity contribution in [2.24, 2.45) is 0 Å². The zero-order valence-corrected chi connectivity index (χ0v) is 10.1. The summed E-state index contributed by atoms with van der Waals surface area (Å²) in [4.78, 5) is 10.9. The Morgan fingerprint density at radius 1 is 1.50 bits per heavy atom. The minimum atomic E-state index is -2.98. The predicted octanol–water partition coefficient (Wildman–Crippen LogP) is 0.929. The molecular weight excluding hydrogens is 230 g/mol. The van der Waals surface area contributed by atoms with Crippen LogP contribution in [0.15, 0.2) is 12.3 Å². The molecule has 0 fully saturated rings. The maximum absolute atomic E-state index is 10.9. The summed E-state index contributed by atoms with van der Waals surface area (Å²) in [5, 5.41) is 8.96. The number of rotatable bonds is 5. The number of aryl methyl sites for hydroxylation is 2. The van der Waals surface area contributed by atoms with Crippen molar-refractivity contribution in [3.8, 4) is 0 Å². The van der Waals surface area contributed by atoms with Gasteiger partial charge in [0.25, 0.3) is 0 Å². The van der Waals surface area contributed by atoms with E-state index in [4.69, 9.17) is 5.11 Å². The summed E-state index contributed by atoms with van der Waals surface area (Å²) in [6, 6.07) is 1.71. The zero-order valence-electron chi connectivity index (χ0n) is 9.30. The summed E-state index contributed by atoms with van der Waals surface area (Å²) < 4.78 is 23.4. The first-order valence-electron chi connectivity index (χ1n) is 4.88. The normalized spacial score (nSPS) is 11.6. The number of sulfone groups is 1. The van der Waals surface area contributed by atoms with Crippen molar-refractivity contribution in [1.29, 1.82) is 0 Å². The van der Waals surface area contributed by atoms with Crippen LogP contribution in [0.5, 0.6) is 0 Å². The number of nitrogens with zero attached hydrogens (tertiary/aromatic N) is 1. The monoisotopic (exact) mass is 245 g/mol. The zero-order chi connectivity index (χ0) is 12.3. The number of carbonyl (C=O) groups is 1. The van der Waals surface area contributed by atoms with Gasteiger partial charge in [-0.1, -0.05) is 0 Å². The Morgan fingerprint density at radius 2 is 2.12 bits per heavy atom. The molecule has 0 aliphatic carbocycles. The summed E-state index contributed by atoms with van der Waals surface area (Å²) in [6.07, 6.45) is 3.26. The molecule has 16 heavy (non-hydrogen) atoms. The van der Waals surface area contributed by atoms with E-state index in [1.54, 1.807) is 23.8 Å². The Bertz CT molecular complexity index is 487. The number of aromatic carboxylic acids is 1. The largest absolute Gasteiger partial charge is 0.477 e. The van der Waals surface area contributed by atoms with Crippen molar-refractivity contribution in [3.05, 3.63) is 23.5 Å². The molecule has 0 unspecified atom stereocenters. The Labute approximate surface area is 94.6 Å². The molecule has 5 nitrogen and oxygen atoms in total. The highest BCUT2D eigenvalue weighted by atomic mass is 32.2. The van der Waals surface area contributed by atoms with Gasteiger partial charge in [0.2, 0.25) is 0 Å². The van der Waals surface area contributed by atoms with Gasteiger partial charge in [0.1, 0.15) is 15.5 Å². The Kier molecular flexibility index (Phi) is 3.74. The summed E-state index contributed by atoms with van der Waals surface area (Å²) in [5.41, 5.74) is 0.917. The molecule has 1 aromatic heterocycles. The second-order valence-corrected chi connectivity index (χ2v) is 6.09. The fourth-order valence-corrected chi connectivity index (χ4v) is 2.21. The SMILES string of the molecule is Cc1ccn(CCCS(C)(=O)=O)c1C(=O)O. The molecule has 0 amide bonds. The van der Waals surface area contributed by atoms with E-state index in [1.807, 2.05) is 0 Å². The molecule has 0 saturated carbocycles. The van der Waals surface area contributed by atoms with Crippen molar-refractivity contribution in [2.45, 2.75) is 19.9 Å². The number of carboxylic acids is 1. The number of hydrogen-bond acceptors (Lipinski definition) is 3. The molecule has 90 valence electrons. The van der Waals surface area contributed by atoms with Gasteiger partial charge in [-0.25, -0.2) is 13.2 Å². The van der Waals surface area contributed by atoms with Gasteiger partial charge in [-0.05, 0) is 25.0 Å². The van der Waals surface area contributed by atoms with Gasteiger partial charge in [0.15, 0.2) is 0 Å². The predicted molar refractivity (Wildman–Crippen MR) is 60.5 cm³/mol. The molecule has 0 saturated heterocycles. The minimum Gasteiger partial charge on any atom is -0.477 e. The van der Waals surface area contributed by atoms with E-state index in [2.05, 4.69) is 0 Å².